The molecule has 35 heavy (non-hydrogen) atoms. The summed E-state index contributed by atoms with van der Waals surface area (Å²) in [6, 6.07) is 12.8. The summed E-state index contributed by atoms with van der Waals surface area (Å²) in [5, 5.41) is 2.23. The first-order valence-electron chi connectivity index (χ1n) is 11.2. The molecule has 8 nitrogen and oxygen atoms in total. The number of rotatable bonds is 7. The molecule has 1 aliphatic rings. The lowest BCUT2D eigenvalue weighted by molar-refractivity contribution is -0.127. The largest absolute Gasteiger partial charge is 0.494 e. The summed E-state index contributed by atoms with van der Waals surface area (Å²) >= 11 is 0.831. The third kappa shape index (κ3) is 5.30. The van der Waals surface area contributed by atoms with Crippen molar-refractivity contribution < 1.29 is 19.1 Å². The second kappa shape index (κ2) is 10.2. The van der Waals surface area contributed by atoms with Gasteiger partial charge in [0.05, 0.1) is 11.5 Å². The van der Waals surface area contributed by atoms with E-state index in [4.69, 9.17) is 4.74 Å². The van der Waals surface area contributed by atoms with Crippen molar-refractivity contribution in [2.45, 2.75) is 27.7 Å². The zero-order valence-electron chi connectivity index (χ0n) is 20.0. The number of nitrogens with one attached hydrogen (secondary N) is 1. The van der Waals surface area contributed by atoms with E-state index in [0.29, 0.717) is 18.0 Å². The van der Waals surface area contributed by atoms with Crippen LogP contribution in [-0.4, -0.2) is 44.7 Å². The van der Waals surface area contributed by atoms with Crippen LogP contribution in [0.1, 0.15) is 29.4 Å². The molecule has 0 atom stereocenters. The van der Waals surface area contributed by atoms with Gasteiger partial charge in [0.2, 0.25) is 5.91 Å². The molecule has 0 bridgehead atoms. The summed E-state index contributed by atoms with van der Waals surface area (Å²) in [6.07, 6.45) is 3.50. The van der Waals surface area contributed by atoms with Gasteiger partial charge in [0.1, 0.15) is 18.1 Å². The molecule has 1 aromatic carbocycles. The van der Waals surface area contributed by atoms with Gasteiger partial charge in [0, 0.05) is 23.3 Å². The lowest BCUT2D eigenvalue weighted by Gasteiger charge is -2.12. The normalized spacial score (nSPS) is 14.6. The van der Waals surface area contributed by atoms with E-state index in [0.717, 1.165) is 45.0 Å². The number of hydrogen-bond donors (Lipinski definition) is 1. The third-order valence-corrected chi connectivity index (χ3v) is 6.41. The van der Waals surface area contributed by atoms with Crippen LogP contribution in [0.2, 0.25) is 0 Å². The Hall–Kier alpha value is -3.85. The third-order valence-electron chi connectivity index (χ3n) is 5.51. The van der Waals surface area contributed by atoms with Crippen LogP contribution in [0.15, 0.2) is 53.6 Å². The zero-order chi connectivity index (χ0) is 25.1. The summed E-state index contributed by atoms with van der Waals surface area (Å²) in [5.41, 5.74) is 4.29. The number of aryl methyl sites for hydroxylation is 2. The molecule has 3 amide bonds. The maximum absolute atomic E-state index is 12.9. The molecule has 0 aliphatic carbocycles. The van der Waals surface area contributed by atoms with Crippen LogP contribution in [0.25, 0.3) is 11.9 Å². The number of thioether (sulfide) groups is 1. The van der Waals surface area contributed by atoms with Crippen molar-refractivity contribution >= 4 is 40.6 Å². The van der Waals surface area contributed by atoms with Gasteiger partial charge >= 0.3 is 0 Å². The fraction of sp³-hybridized carbons (Fsp3) is 0.231. The Bertz CT molecular complexity index is 1310. The van der Waals surface area contributed by atoms with Crippen LogP contribution in [0, 0.1) is 20.8 Å². The van der Waals surface area contributed by atoms with Gasteiger partial charge in [-0.05, 0) is 93.1 Å². The fourth-order valence-electron chi connectivity index (χ4n) is 3.80. The number of anilines is 1. The van der Waals surface area contributed by atoms with Crippen molar-refractivity contribution in [1.29, 1.82) is 0 Å². The minimum Gasteiger partial charge on any atom is -0.494 e. The number of imide groups is 1. The number of benzene rings is 1. The van der Waals surface area contributed by atoms with Crippen LogP contribution >= 0.6 is 11.8 Å². The van der Waals surface area contributed by atoms with Crippen LogP contribution in [-0.2, 0) is 9.59 Å². The molecule has 0 radical (unpaired) electrons. The van der Waals surface area contributed by atoms with E-state index in [1.165, 1.54) is 0 Å². The number of ether oxygens (including phenoxy) is 1. The standard InChI is InChI=1S/C26H26N4O4S/c1-5-34-21-9-7-20(8-10-21)28-24(31)15-29-25(32)22(35-26(29)33)13-19-12-17(3)30(18(19)4)23-11-6-16(2)14-27-23/h6-14H,5,15H2,1-4H3,(H,28,31)/b22-13+. The number of amides is 3. The average Bonchev–Trinajstić information content (AvgIpc) is 3.25. The van der Waals surface area contributed by atoms with Gasteiger partial charge in [-0.3, -0.25) is 19.3 Å². The fourth-order valence-corrected chi connectivity index (χ4v) is 4.63. The van der Waals surface area contributed by atoms with Crippen LogP contribution in [0.3, 0.4) is 0 Å². The highest BCUT2D eigenvalue weighted by molar-refractivity contribution is 8.18. The van der Waals surface area contributed by atoms with E-state index in [1.54, 1.807) is 36.5 Å². The highest BCUT2D eigenvalue weighted by atomic mass is 32.2. The van der Waals surface area contributed by atoms with E-state index < -0.39 is 17.1 Å². The second-order valence-electron chi connectivity index (χ2n) is 8.13. The van der Waals surface area contributed by atoms with Gasteiger partial charge in [-0.25, -0.2) is 4.98 Å². The molecule has 3 aromatic rings. The average molecular weight is 491 g/mol. The molecular weight excluding hydrogens is 464 g/mol. The number of aromatic nitrogens is 2. The van der Waals surface area contributed by atoms with Crippen molar-refractivity contribution in [3.63, 3.8) is 0 Å². The number of hydrogen-bond acceptors (Lipinski definition) is 6. The van der Waals surface area contributed by atoms with Gasteiger partial charge in [-0.2, -0.15) is 0 Å². The Morgan fingerprint density at radius 2 is 1.86 bits per heavy atom. The first-order valence-corrected chi connectivity index (χ1v) is 12.0. The van der Waals surface area contributed by atoms with E-state index in [1.807, 2.05) is 50.5 Å². The van der Waals surface area contributed by atoms with Gasteiger partial charge in [0.15, 0.2) is 0 Å². The number of pyridine rings is 1. The second-order valence-corrected chi connectivity index (χ2v) is 9.12. The molecule has 1 saturated heterocycles. The lowest BCUT2D eigenvalue weighted by Crippen LogP contribution is -2.36. The molecule has 1 fully saturated rings. The molecule has 1 N–H and O–H groups in total. The van der Waals surface area contributed by atoms with Crippen LogP contribution in [0.5, 0.6) is 5.75 Å². The van der Waals surface area contributed by atoms with Crippen molar-refractivity contribution in [3.8, 4) is 11.6 Å². The van der Waals surface area contributed by atoms with Gasteiger partial charge < -0.3 is 14.6 Å². The Balaban J connectivity index is 1.47. The van der Waals surface area contributed by atoms with Gasteiger partial charge in [-0.1, -0.05) is 6.07 Å². The van der Waals surface area contributed by atoms with E-state index >= 15 is 0 Å². The summed E-state index contributed by atoms with van der Waals surface area (Å²) < 4.78 is 7.38. The molecule has 1 aliphatic heterocycles. The van der Waals surface area contributed by atoms with E-state index in [-0.39, 0.29) is 11.4 Å². The Morgan fingerprint density at radius 3 is 2.51 bits per heavy atom. The minimum atomic E-state index is -0.486. The van der Waals surface area contributed by atoms with Crippen molar-refractivity contribution in [1.82, 2.24) is 14.5 Å². The highest BCUT2D eigenvalue weighted by Crippen LogP contribution is 2.33. The van der Waals surface area contributed by atoms with Crippen molar-refractivity contribution in [3.05, 3.63) is 76.1 Å². The SMILES string of the molecule is CCOc1ccc(NC(=O)CN2C(=O)S/C(=C/c3cc(C)n(-c4ccc(C)cn4)c3C)C2=O)cc1. The molecule has 0 spiro atoms. The number of carbonyl (C=O) groups excluding carboxylic acids is 3. The lowest BCUT2D eigenvalue weighted by atomic mass is 10.2. The molecule has 2 aromatic heterocycles. The van der Waals surface area contributed by atoms with E-state index in [9.17, 15) is 14.4 Å². The molecule has 0 unspecified atom stereocenters. The molecule has 9 heteroatoms. The Morgan fingerprint density at radius 1 is 1.11 bits per heavy atom. The number of carbonyl (C=O) groups is 3. The van der Waals surface area contributed by atoms with Crippen LogP contribution in [0.4, 0.5) is 10.5 Å². The zero-order valence-corrected chi connectivity index (χ0v) is 20.8. The van der Waals surface area contributed by atoms with Crippen LogP contribution < -0.4 is 10.1 Å². The maximum Gasteiger partial charge on any atom is 0.294 e. The first-order chi connectivity index (χ1) is 16.8. The predicted molar refractivity (Wildman–Crippen MR) is 137 cm³/mol. The molecule has 180 valence electrons. The Labute approximate surface area is 208 Å². The minimum absolute atomic E-state index is 0.279. The smallest absolute Gasteiger partial charge is 0.294 e. The van der Waals surface area contributed by atoms with Crippen molar-refractivity contribution in [2.75, 3.05) is 18.5 Å². The Kier molecular flexibility index (Phi) is 7.07. The summed E-state index contributed by atoms with van der Waals surface area (Å²) in [7, 11) is 0. The molecule has 0 saturated carbocycles. The van der Waals surface area contributed by atoms with Crippen molar-refractivity contribution in [2.24, 2.45) is 0 Å². The topological polar surface area (TPSA) is 93.5 Å². The molecule has 3 heterocycles. The number of nitrogens with zero attached hydrogens (tertiary/aromatic N) is 3. The quantitative estimate of drug-likeness (QED) is 0.475. The first kappa shape index (κ1) is 24.3. The molecule has 4 rings (SSSR count). The van der Waals surface area contributed by atoms with Gasteiger partial charge in [-0.15, -0.1) is 0 Å². The summed E-state index contributed by atoms with van der Waals surface area (Å²) in [5.74, 6) is 0.532. The van der Waals surface area contributed by atoms with Gasteiger partial charge in [0.25, 0.3) is 11.1 Å². The highest BCUT2D eigenvalue weighted by Gasteiger charge is 2.36. The summed E-state index contributed by atoms with van der Waals surface area (Å²) in [4.78, 5) is 43.7. The van der Waals surface area contributed by atoms with E-state index in [2.05, 4.69) is 10.3 Å². The monoisotopic (exact) mass is 490 g/mol. The predicted octanol–water partition coefficient (Wildman–Crippen LogP) is 4.87. The maximum atomic E-state index is 12.9. The molecular formula is C26H26N4O4S. The summed E-state index contributed by atoms with van der Waals surface area (Å²) in [6.45, 7) is 7.95.